The first-order valence-corrected chi connectivity index (χ1v) is 10.9. The van der Waals surface area contributed by atoms with E-state index in [1.54, 1.807) is 7.11 Å². The van der Waals surface area contributed by atoms with E-state index in [2.05, 4.69) is 37.1 Å². The lowest BCUT2D eigenvalue weighted by Crippen LogP contribution is -2.40. The van der Waals surface area contributed by atoms with Crippen LogP contribution in [0.2, 0.25) is 0 Å². The van der Waals surface area contributed by atoms with Crippen molar-refractivity contribution in [1.82, 2.24) is 10.2 Å². The first kappa shape index (κ1) is 23.4. The summed E-state index contributed by atoms with van der Waals surface area (Å²) in [4.78, 5) is 14.8. The van der Waals surface area contributed by atoms with E-state index in [-0.39, 0.29) is 12.0 Å². The number of nitrogens with zero attached hydrogens (tertiary/aromatic N) is 1. The van der Waals surface area contributed by atoms with E-state index < -0.39 is 0 Å². The van der Waals surface area contributed by atoms with E-state index in [0.29, 0.717) is 18.7 Å². The van der Waals surface area contributed by atoms with Crippen LogP contribution in [0.4, 0.5) is 0 Å². The fourth-order valence-electron chi connectivity index (χ4n) is 3.67. The summed E-state index contributed by atoms with van der Waals surface area (Å²) < 4.78 is 11.1. The summed E-state index contributed by atoms with van der Waals surface area (Å²) in [6.07, 6.45) is 7.05. The van der Waals surface area contributed by atoms with Gasteiger partial charge in [0.05, 0.1) is 6.61 Å². The maximum Gasteiger partial charge on any atom is 0.251 e. The molecule has 0 radical (unpaired) electrons. The third kappa shape index (κ3) is 9.01. The van der Waals surface area contributed by atoms with Crippen LogP contribution in [0.5, 0.6) is 5.75 Å². The van der Waals surface area contributed by atoms with Crippen molar-refractivity contribution in [3.05, 3.63) is 41.5 Å². The fourth-order valence-corrected chi connectivity index (χ4v) is 3.67. The molecule has 0 unspecified atom stereocenters. The van der Waals surface area contributed by atoms with Crippen molar-refractivity contribution in [1.29, 1.82) is 0 Å². The van der Waals surface area contributed by atoms with Crippen LogP contribution in [0.3, 0.4) is 0 Å². The number of rotatable bonds is 11. The molecule has 1 heterocycles. The van der Waals surface area contributed by atoms with Crippen LogP contribution in [-0.4, -0.2) is 56.8 Å². The molecule has 1 amide bonds. The lowest BCUT2D eigenvalue weighted by Gasteiger charge is -2.33. The van der Waals surface area contributed by atoms with Crippen LogP contribution >= 0.6 is 0 Å². The van der Waals surface area contributed by atoms with Gasteiger partial charge in [0.2, 0.25) is 0 Å². The number of carbonyl (C=O) groups is 1. The molecule has 1 atom stereocenters. The second-order valence-electron chi connectivity index (χ2n) is 8.36. The SMILES string of the molecule is COCCNC(=O)c1cccc(OC2CCN(C[C@@H](C)CCC=C(C)C)CC2)c1. The average Bonchev–Trinajstić information content (AvgIpc) is 2.69. The molecule has 29 heavy (non-hydrogen) atoms. The third-order valence-corrected chi connectivity index (χ3v) is 5.31. The number of nitrogens with one attached hydrogen (secondary N) is 1. The minimum Gasteiger partial charge on any atom is -0.490 e. The number of carbonyl (C=O) groups excluding carboxylic acids is 1. The van der Waals surface area contributed by atoms with Crippen molar-refractivity contribution in [2.45, 2.75) is 52.6 Å². The number of likely N-dealkylation sites (tertiary alicyclic amines) is 1. The van der Waals surface area contributed by atoms with Gasteiger partial charge in [-0.15, -0.1) is 0 Å². The summed E-state index contributed by atoms with van der Waals surface area (Å²) in [6.45, 7) is 11.0. The number of hydrogen-bond acceptors (Lipinski definition) is 4. The van der Waals surface area contributed by atoms with Crippen LogP contribution < -0.4 is 10.1 Å². The highest BCUT2D eigenvalue weighted by Crippen LogP contribution is 2.21. The Morgan fingerprint density at radius 2 is 2.07 bits per heavy atom. The highest BCUT2D eigenvalue weighted by atomic mass is 16.5. The largest absolute Gasteiger partial charge is 0.490 e. The summed E-state index contributed by atoms with van der Waals surface area (Å²) in [6, 6.07) is 7.46. The zero-order valence-electron chi connectivity index (χ0n) is 18.6. The smallest absolute Gasteiger partial charge is 0.251 e. The molecule has 0 bridgehead atoms. The van der Waals surface area contributed by atoms with Crippen molar-refractivity contribution in [3.8, 4) is 5.75 Å². The van der Waals surface area contributed by atoms with E-state index in [1.807, 2.05) is 24.3 Å². The summed E-state index contributed by atoms with van der Waals surface area (Å²) in [5.41, 5.74) is 2.04. The van der Waals surface area contributed by atoms with Gasteiger partial charge in [-0.2, -0.15) is 0 Å². The summed E-state index contributed by atoms with van der Waals surface area (Å²) in [5, 5.41) is 2.85. The predicted molar refractivity (Wildman–Crippen MR) is 119 cm³/mol. The van der Waals surface area contributed by atoms with Gasteiger partial charge in [-0.3, -0.25) is 4.79 Å². The molecular weight excluding hydrogens is 364 g/mol. The Hall–Kier alpha value is -1.85. The molecule has 5 nitrogen and oxygen atoms in total. The molecular formula is C24H38N2O3. The summed E-state index contributed by atoms with van der Waals surface area (Å²) >= 11 is 0. The molecule has 0 aromatic heterocycles. The lowest BCUT2D eigenvalue weighted by molar-refractivity contribution is 0.0904. The second-order valence-corrected chi connectivity index (χ2v) is 8.36. The molecule has 162 valence electrons. The van der Waals surface area contributed by atoms with Crippen LogP contribution in [0.1, 0.15) is 56.8 Å². The van der Waals surface area contributed by atoms with Gasteiger partial charge in [0, 0.05) is 38.9 Å². The monoisotopic (exact) mass is 402 g/mol. The summed E-state index contributed by atoms with van der Waals surface area (Å²) in [5.74, 6) is 1.40. The molecule has 1 aliphatic rings. The van der Waals surface area contributed by atoms with Gasteiger partial charge in [0.1, 0.15) is 11.9 Å². The van der Waals surface area contributed by atoms with Crippen LogP contribution in [-0.2, 0) is 4.74 Å². The number of methoxy groups -OCH3 is 1. The maximum atomic E-state index is 12.2. The van der Waals surface area contributed by atoms with Crippen LogP contribution in [0, 0.1) is 5.92 Å². The highest BCUT2D eigenvalue weighted by Gasteiger charge is 2.22. The third-order valence-electron chi connectivity index (χ3n) is 5.31. The Morgan fingerprint density at radius 3 is 2.76 bits per heavy atom. The van der Waals surface area contributed by atoms with Crippen molar-refractivity contribution >= 4 is 5.91 Å². The molecule has 2 rings (SSSR count). The zero-order chi connectivity index (χ0) is 21.1. The normalized spacial score (nSPS) is 16.3. The quantitative estimate of drug-likeness (QED) is 0.443. The first-order chi connectivity index (χ1) is 14.0. The number of amides is 1. The molecule has 1 N–H and O–H groups in total. The van der Waals surface area contributed by atoms with E-state index in [4.69, 9.17) is 9.47 Å². The van der Waals surface area contributed by atoms with Gasteiger partial charge in [0.15, 0.2) is 0 Å². The van der Waals surface area contributed by atoms with E-state index in [0.717, 1.165) is 37.6 Å². The van der Waals surface area contributed by atoms with Crippen molar-refractivity contribution in [3.63, 3.8) is 0 Å². The second kappa shape index (κ2) is 12.7. The van der Waals surface area contributed by atoms with Crippen LogP contribution in [0.15, 0.2) is 35.9 Å². The van der Waals surface area contributed by atoms with Gasteiger partial charge < -0.3 is 19.7 Å². The fraction of sp³-hybridized carbons (Fsp3) is 0.625. The molecule has 0 aliphatic carbocycles. The van der Waals surface area contributed by atoms with Gasteiger partial charge in [-0.1, -0.05) is 24.6 Å². The molecule has 0 spiro atoms. The molecule has 5 heteroatoms. The first-order valence-electron chi connectivity index (χ1n) is 10.9. The Kier molecular flexibility index (Phi) is 10.2. The number of benzene rings is 1. The van der Waals surface area contributed by atoms with Crippen LogP contribution in [0.25, 0.3) is 0 Å². The van der Waals surface area contributed by atoms with Gasteiger partial charge in [0.25, 0.3) is 5.91 Å². The van der Waals surface area contributed by atoms with E-state index in [9.17, 15) is 4.79 Å². The van der Waals surface area contributed by atoms with Gasteiger partial charge in [-0.05, 0) is 63.6 Å². The minimum atomic E-state index is -0.0931. The standard InChI is InChI=1S/C24H38N2O3/c1-19(2)7-5-8-20(3)18-26-14-11-22(12-15-26)29-23-10-6-9-21(17-23)24(27)25-13-16-28-4/h6-7,9-10,17,20,22H,5,8,11-16,18H2,1-4H3,(H,25,27)/t20-/m0/s1. The predicted octanol–water partition coefficient (Wildman–Crippen LogP) is 4.29. The Labute approximate surface area is 176 Å². The molecule has 1 fully saturated rings. The number of piperidine rings is 1. The van der Waals surface area contributed by atoms with Crippen molar-refractivity contribution in [2.75, 3.05) is 39.9 Å². The minimum absolute atomic E-state index is 0.0931. The zero-order valence-corrected chi connectivity index (χ0v) is 18.6. The molecule has 1 aromatic carbocycles. The van der Waals surface area contributed by atoms with Crippen molar-refractivity contribution < 1.29 is 14.3 Å². The number of hydrogen-bond donors (Lipinski definition) is 1. The van der Waals surface area contributed by atoms with Gasteiger partial charge in [-0.25, -0.2) is 0 Å². The average molecular weight is 403 g/mol. The Balaban J connectivity index is 1.74. The Morgan fingerprint density at radius 1 is 1.31 bits per heavy atom. The maximum absolute atomic E-state index is 12.2. The Bertz CT molecular complexity index is 647. The summed E-state index contributed by atoms with van der Waals surface area (Å²) in [7, 11) is 1.62. The molecule has 1 aliphatic heterocycles. The molecule has 1 aromatic rings. The van der Waals surface area contributed by atoms with Gasteiger partial charge >= 0.3 is 0 Å². The number of ether oxygens (including phenoxy) is 2. The van der Waals surface area contributed by atoms with Crippen molar-refractivity contribution in [2.24, 2.45) is 5.92 Å². The molecule has 1 saturated heterocycles. The number of allylic oxidation sites excluding steroid dienone is 2. The van der Waals surface area contributed by atoms with E-state index in [1.165, 1.54) is 25.0 Å². The highest BCUT2D eigenvalue weighted by molar-refractivity contribution is 5.94. The lowest BCUT2D eigenvalue weighted by atomic mass is 10.0. The van der Waals surface area contributed by atoms with E-state index >= 15 is 0 Å². The topological polar surface area (TPSA) is 50.8 Å². The molecule has 0 saturated carbocycles.